The van der Waals surface area contributed by atoms with E-state index in [-0.39, 0.29) is 6.17 Å². The molecule has 2 heteroatoms. The van der Waals surface area contributed by atoms with Crippen LogP contribution in [0.3, 0.4) is 0 Å². The average molecular weight is 861 g/mol. The molecule has 1 aliphatic heterocycles. The summed E-state index contributed by atoms with van der Waals surface area (Å²) in [4.78, 5) is 7.54. The number of allylic oxidation sites excluding steroid dienone is 3. The topological polar surface area (TPSA) is 15.6 Å². The molecule has 68 heavy (non-hydrogen) atoms. The fourth-order valence-electron chi connectivity index (χ4n) is 13.2. The molecule has 16 rings (SSSR count). The maximum atomic E-state index is 5.22. The van der Waals surface area contributed by atoms with E-state index in [9.17, 15) is 0 Å². The lowest BCUT2D eigenvalue weighted by Crippen LogP contribution is -2.23. The molecule has 1 aliphatic carbocycles. The third-order valence-corrected chi connectivity index (χ3v) is 15.9. The molecule has 0 bridgehead atoms. The second-order valence-corrected chi connectivity index (χ2v) is 19.3. The Morgan fingerprint density at radius 2 is 0.868 bits per heavy atom. The van der Waals surface area contributed by atoms with Crippen molar-refractivity contribution in [1.29, 1.82) is 0 Å². The third-order valence-electron chi connectivity index (χ3n) is 15.9. The van der Waals surface area contributed by atoms with Gasteiger partial charge in [-0.25, -0.2) is 0 Å². The lowest BCUT2D eigenvalue weighted by atomic mass is 9.87. The molecule has 314 valence electrons. The quantitative estimate of drug-likeness (QED) is 0.128. The van der Waals surface area contributed by atoms with Gasteiger partial charge in [-0.1, -0.05) is 164 Å². The minimum Gasteiger partial charge on any atom is -0.322 e. The van der Waals surface area contributed by atoms with E-state index in [0.717, 1.165) is 17.0 Å². The van der Waals surface area contributed by atoms with Gasteiger partial charge in [0.1, 0.15) is 0 Å². The highest BCUT2D eigenvalue weighted by atomic mass is 15.2. The van der Waals surface area contributed by atoms with Gasteiger partial charge in [0.25, 0.3) is 0 Å². The van der Waals surface area contributed by atoms with Crippen LogP contribution in [0.4, 0.5) is 5.69 Å². The van der Waals surface area contributed by atoms with Crippen LogP contribution in [0.25, 0.3) is 141 Å². The number of benzene rings is 12. The molecule has 0 aromatic heterocycles. The highest BCUT2D eigenvalue weighted by Gasteiger charge is 2.30. The van der Waals surface area contributed by atoms with E-state index < -0.39 is 0 Å². The smallest absolute Gasteiger partial charge is 0.151 e. The van der Waals surface area contributed by atoms with Crippen molar-refractivity contribution in [1.82, 2.24) is 0 Å². The van der Waals surface area contributed by atoms with Crippen LogP contribution >= 0.6 is 0 Å². The van der Waals surface area contributed by atoms with E-state index in [1.807, 2.05) is 0 Å². The van der Waals surface area contributed by atoms with Crippen molar-refractivity contribution in [2.75, 3.05) is 4.90 Å². The minimum atomic E-state index is -0.182. The number of fused-ring (bicyclic) bond motifs is 14. The highest BCUT2D eigenvalue weighted by molar-refractivity contribution is 6.51. The van der Waals surface area contributed by atoms with Gasteiger partial charge in [0.2, 0.25) is 0 Å². The first kappa shape index (κ1) is 36.6. The maximum absolute atomic E-state index is 5.22. The van der Waals surface area contributed by atoms with Gasteiger partial charge in [-0.2, -0.15) is 0 Å². The lowest BCUT2D eigenvalue weighted by molar-refractivity contribution is 0.732. The van der Waals surface area contributed by atoms with E-state index in [0.29, 0.717) is 0 Å². The van der Waals surface area contributed by atoms with Crippen molar-refractivity contribution in [3.8, 4) is 33.4 Å². The van der Waals surface area contributed by atoms with Crippen LogP contribution in [0.15, 0.2) is 205 Å². The van der Waals surface area contributed by atoms with Gasteiger partial charge in [-0.3, -0.25) is 4.99 Å². The van der Waals surface area contributed by atoms with Crippen molar-refractivity contribution in [3.63, 3.8) is 0 Å². The molecule has 1 atom stereocenters. The van der Waals surface area contributed by atoms with Crippen LogP contribution < -0.4 is 4.90 Å². The molecule has 2 nitrogen and oxygen atoms in total. The Balaban J connectivity index is 0.969. The molecule has 1 heterocycles. The molecule has 14 aromatic carbocycles. The summed E-state index contributed by atoms with van der Waals surface area (Å²) in [5.74, 6) is 0. The van der Waals surface area contributed by atoms with E-state index >= 15 is 0 Å². The van der Waals surface area contributed by atoms with Gasteiger partial charge >= 0.3 is 0 Å². The van der Waals surface area contributed by atoms with Crippen molar-refractivity contribution in [2.45, 2.75) is 20.0 Å². The molecule has 0 N–H and O–H groups in total. The Labute approximate surface area is 392 Å². The van der Waals surface area contributed by atoms with E-state index in [1.54, 1.807) is 0 Å². The normalized spacial score (nSPS) is 16.7. The number of hydrogen-bond acceptors (Lipinski definition) is 2. The Hall–Kier alpha value is -8.59. The number of hydrogen-bond donors (Lipinski definition) is 0. The first-order valence-electron chi connectivity index (χ1n) is 23.9. The molecule has 0 spiro atoms. The molecular formula is C66H40N2. The number of aryl methyl sites for hydroxylation is 1. The molecular weight excluding hydrogens is 821 g/mol. The molecule has 14 aromatic rings. The average Bonchev–Trinajstić information content (AvgIpc) is 4.01. The van der Waals surface area contributed by atoms with Crippen LogP contribution in [0, 0.1) is 6.92 Å². The Morgan fingerprint density at radius 1 is 0.353 bits per heavy atom. The number of aliphatic imine (C=N–C) groups is 1. The maximum Gasteiger partial charge on any atom is 0.151 e. The van der Waals surface area contributed by atoms with Crippen LogP contribution in [-0.4, -0.2) is 5.71 Å². The minimum absolute atomic E-state index is 0.182. The zero-order valence-corrected chi connectivity index (χ0v) is 37.5. The summed E-state index contributed by atoms with van der Waals surface area (Å²) in [7, 11) is 0. The second kappa shape index (κ2) is 13.1. The lowest BCUT2D eigenvalue weighted by Gasteiger charge is -2.30. The fraction of sp³-hybridized carbons (Fsp3) is 0.0455. The van der Waals surface area contributed by atoms with Gasteiger partial charge in [0.15, 0.2) is 6.17 Å². The first-order chi connectivity index (χ1) is 33.6. The summed E-state index contributed by atoms with van der Waals surface area (Å²) in [6, 6.07) is 66.8. The van der Waals surface area contributed by atoms with E-state index in [2.05, 4.69) is 219 Å². The molecule has 2 aliphatic rings. The monoisotopic (exact) mass is 860 g/mol. The largest absolute Gasteiger partial charge is 0.322 e. The SMILES string of the molecule is CC1=N\C(c2ccccc2)N(c2ccc3c(c2)-c2ccc4c5ccc6c7c(ccc(c8ccc-3c2c84)c57)c2cc3c(-c4ccccc4C)c4ccccc4c4c5ccccc5c(c26)c34)/C=C/C=C\1. The predicted molar refractivity (Wildman–Crippen MR) is 293 cm³/mol. The van der Waals surface area contributed by atoms with Crippen molar-refractivity contribution in [3.05, 3.63) is 211 Å². The number of anilines is 1. The van der Waals surface area contributed by atoms with E-state index in [4.69, 9.17) is 4.99 Å². The van der Waals surface area contributed by atoms with Gasteiger partial charge < -0.3 is 4.90 Å². The summed E-state index contributed by atoms with van der Waals surface area (Å²) in [6.45, 7) is 4.35. The molecule has 0 amide bonds. The Morgan fingerprint density at radius 3 is 1.62 bits per heavy atom. The first-order valence-corrected chi connectivity index (χ1v) is 23.9. The number of nitrogens with zero attached hydrogens (tertiary/aromatic N) is 2. The van der Waals surface area contributed by atoms with Crippen molar-refractivity contribution >= 4 is 119 Å². The molecule has 0 saturated heterocycles. The van der Waals surface area contributed by atoms with Gasteiger partial charge in [-0.05, 0) is 196 Å². The van der Waals surface area contributed by atoms with Crippen LogP contribution in [0.2, 0.25) is 0 Å². The van der Waals surface area contributed by atoms with E-state index in [1.165, 1.54) is 147 Å². The summed E-state index contributed by atoms with van der Waals surface area (Å²) < 4.78 is 0. The van der Waals surface area contributed by atoms with Crippen LogP contribution in [0.5, 0.6) is 0 Å². The molecule has 0 radical (unpaired) electrons. The summed E-state index contributed by atoms with van der Waals surface area (Å²) >= 11 is 0. The summed E-state index contributed by atoms with van der Waals surface area (Å²) in [5.41, 5.74) is 12.4. The van der Waals surface area contributed by atoms with Crippen molar-refractivity contribution in [2.24, 2.45) is 4.99 Å². The summed E-state index contributed by atoms with van der Waals surface area (Å²) in [5, 5.41) is 26.9. The Bertz CT molecular complexity index is 4610. The summed E-state index contributed by atoms with van der Waals surface area (Å²) in [6.07, 6.45) is 8.29. The second-order valence-electron chi connectivity index (χ2n) is 19.3. The molecule has 0 fully saturated rings. The Kier molecular flexibility index (Phi) is 7.03. The predicted octanol–water partition coefficient (Wildman–Crippen LogP) is 18.2. The third kappa shape index (κ3) is 4.55. The van der Waals surface area contributed by atoms with Crippen molar-refractivity contribution < 1.29 is 0 Å². The standard InChI is InChI=1S/C66H40N2/c1-36-14-6-7-18-40(36)57-42-19-8-9-20-43(42)61-44-21-10-11-22-45(44)64-63-53-32-31-50-48-27-29-51-54-34-39(68-33-13-12-15-37(2)67-66(68)38-16-4-3-5-17-38)23-24-41(54)46-25-26-47(59(48)58(46)51)49-28-30-52(62(53)60(49)50)55(63)35-56(57)65(61)64/h3-35,66H,1-2H3/b15-12-,33-13+,67-37+. The van der Waals surface area contributed by atoms with Crippen LogP contribution in [0.1, 0.15) is 24.2 Å². The van der Waals surface area contributed by atoms with Gasteiger partial charge in [-0.15, -0.1) is 0 Å². The highest BCUT2D eigenvalue weighted by Crippen LogP contribution is 2.57. The molecule has 0 saturated carbocycles. The zero-order valence-electron chi connectivity index (χ0n) is 37.5. The van der Waals surface area contributed by atoms with Gasteiger partial charge in [0.05, 0.1) is 0 Å². The van der Waals surface area contributed by atoms with Crippen LogP contribution in [-0.2, 0) is 0 Å². The molecule has 1 unspecified atom stereocenters. The van der Waals surface area contributed by atoms with Gasteiger partial charge in [0, 0.05) is 17.6 Å². The number of rotatable bonds is 3. The fourth-order valence-corrected chi connectivity index (χ4v) is 13.2. The zero-order chi connectivity index (χ0) is 44.5.